The predicted molar refractivity (Wildman–Crippen MR) is 123 cm³/mol. The maximum absolute atomic E-state index is 12.8. The van der Waals surface area contributed by atoms with Crippen LogP contribution in [0, 0.1) is 0 Å². The molecule has 2 heterocycles. The van der Waals surface area contributed by atoms with Crippen molar-refractivity contribution in [3.63, 3.8) is 0 Å². The van der Waals surface area contributed by atoms with Crippen LogP contribution in [-0.2, 0) is 17.8 Å². The summed E-state index contributed by atoms with van der Waals surface area (Å²) in [6, 6.07) is 21.7. The van der Waals surface area contributed by atoms with Crippen LogP contribution in [0.3, 0.4) is 0 Å². The highest BCUT2D eigenvalue weighted by Crippen LogP contribution is 2.28. The van der Waals surface area contributed by atoms with Crippen molar-refractivity contribution in [2.24, 2.45) is 0 Å². The quantitative estimate of drug-likeness (QED) is 0.384. The molecule has 2 aromatic heterocycles. The van der Waals surface area contributed by atoms with Gasteiger partial charge in [-0.05, 0) is 48.7 Å². The van der Waals surface area contributed by atoms with E-state index < -0.39 is 0 Å². The highest BCUT2D eigenvalue weighted by molar-refractivity contribution is 8.00. The van der Waals surface area contributed by atoms with Gasteiger partial charge in [0.1, 0.15) is 0 Å². The lowest BCUT2D eigenvalue weighted by Gasteiger charge is -2.14. The van der Waals surface area contributed by atoms with Gasteiger partial charge in [-0.3, -0.25) is 9.36 Å². The number of amides is 1. The lowest BCUT2D eigenvalue weighted by Crippen LogP contribution is -2.23. The van der Waals surface area contributed by atoms with Gasteiger partial charge >= 0.3 is 0 Å². The van der Waals surface area contributed by atoms with E-state index in [2.05, 4.69) is 34.6 Å². The van der Waals surface area contributed by atoms with Crippen LogP contribution in [0.15, 0.2) is 82.6 Å². The summed E-state index contributed by atoms with van der Waals surface area (Å²) in [6.07, 6.45) is 2.58. The number of aromatic nitrogens is 3. The van der Waals surface area contributed by atoms with Gasteiger partial charge in [-0.15, -0.1) is 10.2 Å². The van der Waals surface area contributed by atoms with Gasteiger partial charge in [0.05, 0.1) is 18.1 Å². The topological polar surface area (TPSA) is 73.0 Å². The smallest absolute Gasteiger partial charge is 0.237 e. The van der Waals surface area contributed by atoms with Gasteiger partial charge in [-0.1, -0.05) is 61.2 Å². The fraction of sp³-hybridized carbons (Fsp3) is 0.208. The minimum atomic E-state index is -0.353. The molecule has 1 unspecified atom stereocenters. The molecule has 0 saturated heterocycles. The monoisotopic (exact) mass is 432 g/mol. The Morgan fingerprint density at radius 3 is 2.48 bits per heavy atom. The van der Waals surface area contributed by atoms with Crippen LogP contribution in [0.5, 0.6) is 0 Å². The third-order valence-electron chi connectivity index (χ3n) is 4.92. The van der Waals surface area contributed by atoms with Crippen LogP contribution < -0.4 is 5.32 Å². The molecule has 158 valence electrons. The van der Waals surface area contributed by atoms with Gasteiger partial charge < -0.3 is 9.73 Å². The Labute approximate surface area is 185 Å². The minimum absolute atomic E-state index is 0.0805. The summed E-state index contributed by atoms with van der Waals surface area (Å²) in [6.45, 7) is 4.56. The zero-order chi connectivity index (χ0) is 21.6. The van der Waals surface area contributed by atoms with Crippen LogP contribution in [0.25, 0.3) is 11.6 Å². The Balaban J connectivity index is 1.53. The minimum Gasteiger partial charge on any atom is -0.461 e. The number of hydrogen-bond donors (Lipinski definition) is 1. The van der Waals surface area contributed by atoms with Crippen LogP contribution in [-0.4, -0.2) is 25.9 Å². The second kappa shape index (κ2) is 9.66. The van der Waals surface area contributed by atoms with E-state index in [1.165, 1.54) is 17.3 Å². The summed E-state index contributed by atoms with van der Waals surface area (Å²) in [5.74, 6) is 1.20. The average molecular weight is 433 g/mol. The zero-order valence-corrected chi connectivity index (χ0v) is 18.3. The van der Waals surface area contributed by atoms with Gasteiger partial charge in [-0.25, -0.2) is 0 Å². The number of benzene rings is 2. The number of nitrogens with zero attached hydrogens (tertiary/aromatic N) is 3. The number of thioether (sulfide) groups is 1. The molecule has 0 aliphatic carbocycles. The Morgan fingerprint density at radius 2 is 1.81 bits per heavy atom. The lowest BCUT2D eigenvalue weighted by molar-refractivity contribution is -0.115. The number of aryl methyl sites for hydroxylation is 1. The van der Waals surface area contributed by atoms with Crippen molar-refractivity contribution in [3.8, 4) is 11.6 Å². The van der Waals surface area contributed by atoms with Crippen LogP contribution >= 0.6 is 11.8 Å². The molecule has 0 fully saturated rings. The summed E-state index contributed by atoms with van der Waals surface area (Å²) in [5.41, 5.74) is 3.14. The highest BCUT2D eigenvalue weighted by atomic mass is 32.2. The molecule has 0 aliphatic rings. The van der Waals surface area contributed by atoms with E-state index >= 15 is 0 Å². The molecule has 4 rings (SSSR count). The first-order valence-electron chi connectivity index (χ1n) is 10.2. The van der Waals surface area contributed by atoms with E-state index in [0.29, 0.717) is 23.3 Å². The normalized spacial score (nSPS) is 11.9. The Morgan fingerprint density at radius 1 is 1.03 bits per heavy atom. The van der Waals surface area contributed by atoms with Gasteiger partial charge in [0, 0.05) is 5.69 Å². The molecular formula is C24H24N4O2S. The first kappa shape index (κ1) is 20.9. The van der Waals surface area contributed by atoms with E-state index in [-0.39, 0.29) is 11.2 Å². The van der Waals surface area contributed by atoms with Crippen molar-refractivity contribution in [3.05, 3.63) is 84.1 Å². The average Bonchev–Trinajstić information content (AvgIpc) is 3.45. The number of hydrogen-bond acceptors (Lipinski definition) is 5. The molecular weight excluding hydrogens is 408 g/mol. The van der Waals surface area contributed by atoms with E-state index in [4.69, 9.17) is 4.42 Å². The first-order valence-corrected chi connectivity index (χ1v) is 11.1. The molecule has 7 heteroatoms. The molecule has 0 radical (unpaired) electrons. The van der Waals surface area contributed by atoms with Gasteiger partial charge in [-0.2, -0.15) is 0 Å². The fourth-order valence-corrected chi connectivity index (χ4v) is 4.00. The zero-order valence-electron chi connectivity index (χ0n) is 17.5. The molecule has 31 heavy (non-hydrogen) atoms. The molecule has 0 spiro atoms. The fourth-order valence-electron chi connectivity index (χ4n) is 3.15. The Bertz CT molecular complexity index is 1120. The number of furan rings is 1. The molecule has 4 aromatic rings. The largest absolute Gasteiger partial charge is 0.461 e. The SMILES string of the molecule is CCc1ccc(NC(=O)C(C)Sc2nnc(-c3ccco3)n2Cc2ccccc2)cc1. The maximum Gasteiger partial charge on any atom is 0.237 e. The number of rotatable bonds is 8. The molecule has 1 atom stereocenters. The Kier molecular flexibility index (Phi) is 6.52. The molecule has 1 N–H and O–H groups in total. The first-order chi connectivity index (χ1) is 15.1. The number of carbonyl (C=O) groups excluding carboxylic acids is 1. The summed E-state index contributed by atoms with van der Waals surface area (Å²) in [4.78, 5) is 12.8. The summed E-state index contributed by atoms with van der Waals surface area (Å²) >= 11 is 1.38. The lowest BCUT2D eigenvalue weighted by atomic mass is 10.1. The van der Waals surface area contributed by atoms with Gasteiger partial charge in [0.25, 0.3) is 0 Å². The van der Waals surface area contributed by atoms with Crippen molar-refractivity contribution >= 4 is 23.4 Å². The van der Waals surface area contributed by atoms with Crippen molar-refractivity contribution in [2.75, 3.05) is 5.32 Å². The standard InChI is InChI=1S/C24H24N4O2S/c1-3-18-11-13-20(14-12-18)25-23(29)17(2)31-24-27-26-22(21-10-7-15-30-21)28(24)16-19-8-5-4-6-9-19/h4-15,17H,3,16H2,1-2H3,(H,25,29). The number of nitrogens with one attached hydrogen (secondary N) is 1. The van der Waals surface area contributed by atoms with Crippen molar-refractivity contribution < 1.29 is 9.21 Å². The van der Waals surface area contributed by atoms with Crippen LogP contribution in [0.2, 0.25) is 0 Å². The van der Waals surface area contributed by atoms with E-state index in [0.717, 1.165) is 17.7 Å². The number of anilines is 1. The summed E-state index contributed by atoms with van der Waals surface area (Å²) in [7, 11) is 0. The molecule has 0 aliphatic heterocycles. The molecule has 0 saturated carbocycles. The maximum atomic E-state index is 12.8. The third-order valence-corrected chi connectivity index (χ3v) is 6.00. The predicted octanol–water partition coefficient (Wildman–Crippen LogP) is 5.27. The van der Waals surface area contributed by atoms with Crippen molar-refractivity contribution in [1.29, 1.82) is 0 Å². The second-order valence-electron chi connectivity index (χ2n) is 7.16. The number of carbonyl (C=O) groups is 1. The van der Waals surface area contributed by atoms with E-state index in [1.807, 2.05) is 66.1 Å². The van der Waals surface area contributed by atoms with Crippen LogP contribution in [0.4, 0.5) is 5.69 Å². The van der Waals surface area contributed by atoms with E-state index in [9.17, 15) is 4.79 Å². The van der Waals surface area contributed by atoms with Gasteiger partial charge in [0.15, 0.2) is 10.9 Å². The van der Waals surface area contributed by atoms with Crippen molar-refractivity contribution in [1.82, 2.24) is 14.8 Å². The van der Waals surface area contributed by atoms with Crippen molar-refractivity contribution in [2.45, 2.75) is 37.2 Å². The Hall–Kier alpha value is -3.32. The highest BCUT2D eigenvalue weighted by Gasteiger charge is 2.22. The molecule has 2 aromatic carbocycles. The molecule has 6 nitrogen and oxygen atoms in total. The summed E-state index contributed by atoms with van der Waals surface area (Å²) in [5, 5.41) is 12.0. The molecule has 1 amide bonds. The molecule has 0 bridgehead atoms. The summed E-state index contributed by atoms with van der Waals surface area (Å²) < 4.78 is 7.53. The van der Waals surface area contributed by atoms with Gasteiger partial charge in [0.2, 0.25) is 11.7 Å². The van der Waals surface area contributed by atoms with Crippen LogP contribution in [0.1, 0.15) is 25.0 Å². The second-order valence-corrected chi connectivity index (χ2v) is 8.46. The third kappa shape index (κ3) is 5.06. The van der Waals surface area contributed by atoms with E-state index in [1.54, 1.807) is 6.26 Å².